The highest BCUT2D eigenvalue weighted by Crippen LogP contribution is 2.45. The molecule has 0 amide bonds. The van der Waals surface area contributed by atoms with E-state index >= 15 is 0 Å². The molecule has 0 saturated carbocycles. The van der Waals surface area contributed by atoms with Crippen LogP contribution in [0.25, 0.3) is 0 Å². The average molecular weight is 323 g/mol. The van der Waals surface area contributed by atoms with Crippen LogP contribution in [-0.2, 0) is 6.61 Å². The molecule has 0 spiro atoms. The Morgan fingerprint density at radius 3 is 2.82 bits per heavy atom. The molecule has 3 rings (SSSR count). The molecular weight excluding hydrogens is 304 g/mol. The Kier molecular flexibility index (Phi) is 3.82. The van der Waals surface area contributed by atoms with Crippen LogP contribution in [0.3, 0.4) is 0 Å². The molecule has 2 bridgehead atoms. The Hall–Kier alpha value is -1.32. The van der Waals surface area contributed by atoms with Crippen LogP contribution in [0, 0.1) is 11.3 Å². The first-order valence-corrected chi connectivity index (χ1v) is 7.79. The summed E-state index contributed by atoms with van der Waals surface area (Å²) in [4.78, 5) is 2.06. The molecule has 0 aliphatic carbocycles. The molecule has 1 aromatic rings. The number of fused-ring (bicyclic) bond motifs is 2. The second kappa shape index (κ2) is 5.39. The first-order valence-electron chi connectivity index (χ1n) is 7.42. The van der Waals surface area contributed by atoms with Crippen molar-refractivity contribution in [2.75, 3.05) is 4.90 Å². The molecule has 1 aromatic carbocycles. The number of rotatable bonds is 2. The van der Waals surface area contributed by atoms with Crippen molar-refractivity contribution in [3.05, 3.63) is 28.3 Å². The zero-order valence-electron chi connectivity index (χ0n) is 12.3. The zero-order chi connectivity index (χ0) is 16.1. The van der Waals surface area contributed by atoms with Crippen molar-refractivity contribution in [3.63, 3.8) is 0 Å². The van der Waals surface area contributed by atoms with Gasteiger partial charge in [-0.1, -0.05) is 11.6 Å². The van der Waals surface area contributed by atoms with Gasteiger partial charge >= 0.3 is 0 Å². The summed E-state index contributed by atoms with van der Waals surface area (Å²) in [7, 11) is 0. The normalized spacial score (nSPS) is 33.8. The van der Waals surface area contributed by atoms with E-state index in [1.165, 1.54) is 0 Å². The molecule has 1 unspecified atom stereocenters. The third-order valence-electron chi connectivity index (χ3n) is 4.97. The Labute approximate surface area is 134 Å². The van der Waals surface area contributed by atoms with Crippen LogP contribution in [0.2, 0.25) is 5.02 Å². The number of nitriles is 1. The lowest BCUT2D eigenvalue weighted by atomic mass is 9.84. The van der Waals surface area contributed by atoms with E-state index in [-0.39, 0.29) is 23.7 Å². The van der Waals surface area contributed by atoms with Gasteiger partial charge in [0.25, 0.3) is 0 Å². The van der Waals surface area contributed by atoms with Crippen molar-refractivity contribution >= 4 is 17.3 Å². The summed E-state index contributed by atoms with van der Waals surface area (Å²) in [6.45, 7) is 1.39. The number of hydrogen-bond donors (Lipinski definition) is 3. The molecule has 5 nitrogen and oxygen atoms in total. The van der Waals surface area contributed by atoms with E-state index in [4.69, 9.17) is 16.9 Å². The van der Waals surface area contributed by atoms with Gasteiger partial charge in [0.2, 0.25) is 0 Å². The van der Waals surface area contributed by atoms with Gasteiger partial charge in [-0.15, -0.1) is 0 Å². The molecule has 3 N–H and O–H groups in total. The van der Waals surface area contributed by atoms with E-state index in [0.29, 0.717) is 17.5 Å². The van der Waals surface area contributed by atoms with Crippen LogP contribution in [-0.4, -0.2) is 39.1 Å². The molecule has 0 aromatic heterocycles. The molecule has 2 fully saturated rings. The molecule has 4 atom stereocenters. The lowest BCUT2D eigenvalue weighted by Crippen LogP contribution is -2.60. The number of hydrogen-bond acceptors (Lipinski definition) is 5. The Balaban J connectivity index is 2.06. The van der Waals surface area contributed by atoms with E-state index in [2.05, 4.69) is 4.90 Å². The molecular formula is C16H19ClN2O3. The fraction of sp³-hybridized carbons (Fsp3) is 0.562. The van der Waals surface area contributed by atoms with Crippen LogP contribution in [0.15, 0.2) is 12.1 Å². The van der Waals surface area contributed by atoms with Gasteiger partial charge in [-0.3, -0.25) is 0 Å². The van der Waals surface area contributed by atoms with Gasteiger partial charge in [0, 0.05) is 17.3 Å². The smallest absolute Gasteiger partial charge is 0.103 e. The van der Waals surface area contributed by atoms with Crippen molar-refractivity contribution in [1.82, 2.24) is 0 Å². The standard InChI is InChI=1S/C16H19ClN2O3/c1-16(22)6-10-3-5-13(15(16)21)19(10)12-4-2-9(7-18)14(17)11(12)8-20/h2,4,10,13,15,20-22H,3,5-6,8H2,1H3/t10-,13+,15?,16+/m0/s1. The second-order valence-corrected chi connectivity index (χ2v) is 6.78. The minimum Gasteiger partial charge on any atom is -0.392 e. The Morgan fingerprint density at radius 1 is 1.45 bits per heavy atom. The molecule has 2 aliphatic heterocycles. The number of piperidine rings is 1. The summed E-state index contributed by atoms with van der Waals surface area (Å²) >= 11 is 6.22. The van der Waals surface area contributed by atoms with Gasteiger partial charge in [-0.05, 0) is 38.3 Å². The molecule has 0 radical (unpaired) electrons. The van der Waals surface area contributed by atoms with Crippen LogP contribution in [0.1, 0.15) is 37.3 Å². The number of anilines is 1. The van der Waals surface area contributed by atoms with E-state index in [1.54, 1.807) is 19.1 Å². The van der Waals surface area contributed by atoms with E-state index in [9.17, 15) is 15.3 Å². The maximum Gasteiger partial charge on any atom is 0.103 e. The number of aliphatic hydroxyl groups is 3. The highest BCUT2D eigenvalue weighted by Gasteiger charge is 2.52. The SMILES string of the molecule is C[C@@]1(O)C[C@@H]2CC[C@H](C1O)N2c1ccc(C#N)c(Cl)c1CO. The summed E-state index contributed by atoms with van der Waals surface area (Å²) in [5.74, 6) is 0. The summed E-state index contributed by atoms with van der Waals surface area (Å²) in [6, 6.07) is 5.30. The van der Waals surface area contributed by atoms with Crippen molar-refractivity contribution < 1.29 is 15.3 Å². The van der Waals surface area contributed by atoms with Gasteiger partial charge in [0.15, 0.2) is 0 Å². The van der Waals surface area contributed by atoms with Crippen molar-refractivity contribution in [1.29, 1.82) is 5.26 Å². The summed E-state index contributed by atoms with van der Waals surface area (Å²) < 4.78 is 0. The second-order valence-electron chi connectivity index (χ2n) is 6.41. The van der Waals surface area contributed by atoms with Crippen LogP contribution < -0.4 is 4.90 Å². The van der Waals surface area contributed by atoms with Crippen molar-refractivity contribution in [2.24, 2.45) is 0 Å². The summed E-state index contributed by atoms with van der Waals surface area (Å²) in [5, 5.41) is 39.8. The Morgan fingerprint density at radius 2 is 2.18 bits per heavy atom. The van der Waals surface area contributed by atoms with Gasteiger partial charge in [0.1, 0.15) is 12.2 Å². The number of benzene rings is 1. The minimum absolute atomic E-state index is 0.0951. The quantitative estimate of drug-likeness (QED) is 0.769. The van der Waals surface area contributed by atoms with Crippen molar-refractivity contribution in [2.45, 2.75) is 56.6 Å². The van der Waals surface area contributed by atoms with Crippen molar-refractivity contribution in [3.8, 4) is 6.07 Å². The summed E-state index contributed by atoms with van der Waals surface area (Å²) in [6.07, 6.45) is 1.27. The lowest BCUT2D eigenvalue weighted by molar-refractivity contribution is -0.0894. The third-order valence-corrected chi connectivity index (χ3v) is 5.40. The highest BCUT2D eigenvalue weighted by atomic mass is 35.5. The van der Waals surface area contributed by atoms with Crippen LogP contribution in [0.4, 0.5) is 5.69 Å². The molecule has 22 heavy (non-hydrogen) atoms. The number of nitrogens with zero attached hydrogens (tertiary/aromatic N) is 2. The van der Waals surface area contributed by atoms with Gasteiger partial charge in [0.05, 0.1) is 28.8 Å². The first kappa shape index (κ1) is 15.6. The fourth-order valence-electron chi connectivity index (χ4n) is 3.90. The molecule has 2 saturated heterocycles. The molecule has 2 heterocycles. The van der Waals surface area contributed by atoms with Crippen LogP contribution >= 0.6 is 11.6 Å². The largest absolute Gasteiger partial charge is 0.392 e. The average Bonchev–Trinajstić information content (AvgIpc) is 2.83. The van der Waals surface area contributed by atoms with E-state index in [0.717, 1.165) is 18.5 Å². The number of halogens is 1. The lowest BCUT2D eigenvalue weighted by Gasteiger charge is -2.47. The van der Waals surface area contributed by atoms with Gasteiger partial charge < -0.3 is 20.2 Å². The predicted molar refractivity (Wildman–Crippen MR) is 82.6 cm³/mol. The third kappa shape index (κ3) is 2.19. The maximum absolute atomic E-state index is 10.4. The monoisotopic (exact) mass is 322 g/mol. The molecule has 2 aliphatic rings. The van der Waals surface area contributed by atoms with Crippen LogP contribution in [0.5, 0.6) is 0 Å². The maximum atomic E-state index is 10.4. The fourth-order valence-corrected chi connectivity index (χ4v) is 4.16. The zero-order valence-corrected chi connectivity index (χ0v) is 13.1. The van der Waals surface area contributed by atoms with Gasteiger partial charge in [-0.25, -0.2) is 0 Å². The molecule has 6 heteroatoms. The predicted octanol–water partition coefficient (Wildman–Crippen LogP) is 1.56. The minimum atomic E-state index is -1.10. The first-order chi connectivity index (χ1) is 10.4. The van der Waals surface area contributed by atoms with E-state index in [1.807, 2.05) is 6.07 Å². The van der Waals surface area contributed by atoms with Gasteiger partial charge in [-0.2, -0.15) is 5.26 Å². The number of aliphatic hydroxyl groups excluding tert-OH is 2. The highest BCUT2D eigenvalue weighted by molar-refractivity contribution is 6.33. The Bertz CT molecular complexity index is 641. The van der Waals surface area contributed by atoms with E-state index < -0.39 is 11.7 Å². The topological polar surface area (TPSA) is 87.7 Å². The summed E-state index contributed by atoms with van der Waals surface area (Å²) in [5.41, 5.74) is 0.476. The molecule has 118 valence electrons.